The van der Waals surface area contributed by atoms with E-state index >= 15 is 0 Å². The molecule has 0 atom stereocenters. The Morgan fingerprint density at radius 2 is 1.70 bits per heavy atom. The Labute approximate surface area is 231 Å². The van der Waals surface area contributed by atoms with Gasteiger partial charge in [-0.2, -0.15) is 5.10 Å². The number of likely N-dealkylation sites (N-methyl/N-ethyl adjacent to an activating group) is 1. The zero-order chi connectivity index (χ0) is 27.6. The molecule has 0 radical (unpaired) electrons. The van der Waals surface area contributed by atoms with Crippen molar-refractivity contribution in [1.82, 2.24) is 20.1 Å². The molecule has 2 aromatic heterocycles. The number of H-pyrrole nitrogens is 1. The van der Waals surface area contributed by atoms with Crippen molar-refractivity contribution in [3.05, 3.63) is 95.6 Å². The number of nitrogens with one attached hydrogen (secondary N) is 2. The van der Waals surface area contributed by atoms with Gasteiger partial charge in [0.1, 0.15) is 28.9 Å². The van der Waals surface area contributed by atoms with Gasteiger partial charge in [0.15, 0.2) is 0 Å². The number of hydrogen-bond donors (Lipinski definition) is 2. The van der Waals surface area contributed by atoms with E-state index in [0.717, 1.165) is 65.8 Å². The van der Waals surface area contributed by atoms with E-state index in [-0.39, 0.29) is 0 Å². The van der Waals surface area contributed by atoms with Crippen molar-refractivity contribution in [2.45, 2.75) is 6.42 Å². The Hall–Kier alpha value is -4.50. The summed E-state index contributed by atoms with van der Waals surface area (Å²) in [7, 11) is 3.82. The van der Waals surface area contributed by atoms with Crippen LogP contribution in [0.15, 0.2) is 72.8 Å². The fraction of sp³-hybridized carbons (Fsp3) is 0.226. The number of rotatable bonds is 7. The highest BCUT2D eigenvalue weighted by Gasteiger charge is 2.17. The average molecular weight is 541 g/mol. The molecule has 0 spiro atoms. The monoisotopic (exact) mass is 540 g/mol. The third-order valence-corrected chi connectivity index (χ3v) is 7.27. The van der Waals surface area contributed by atoms with E-state index in [2.05, 4.69) is 44.5 Å². The molecular weight excluding hydrogens is 510 g/mol. The lowest BCUT2D eigenvalue weighted by Gasteiger charge is -2.34. The topological polar surface area (TPSA) is 69.3 Å². The van der Waals surface area contributed by atoms with Gasteiger partial charge >= 0.3 is 0 Å². The van der Waals surface area contributed by atoms with E-state index in [1.165, 1.54) is 12.1 Å². The molecule has 0 aliphatic carbocycles. The Bertz CT molecular complexity index is 1640. The van der Waals surface area contributed by atoms with Crippen LogP contribution in [0.2, 0.25) is 0 Å². The molecule has 3 aromatic carbocycles. The van der Waals surface area contributed by atoms with Gasteiger partial charge in [0.2, 0.25) is 0 Å². The molecule has 0 saturated carbocycles. The molecule has 2 N–H and O–H groups in total. The molecule has 3 heterocycles. The summed E-state index contributed by atoms with van der Waals surface area (Å²) in [6, 6.07) is 21.3. The number of fused-ring (bicyclic) bond motifs is 1. The molecule has 7 nitrogen and oxygen atoms in total. The predicted octanol–water partition coefficient (Wildman–Crippen LogP) is 6.00. The van der Waals surface area contributed by atoms with Crippen LogP contribution < -0.4 is 15.0 Å². The summed E-state index contributed by atoms with van der Waals surface area (Å²) in [5, 5.41) is 11.9. The lowest BCUT2D eigenvalue weighted by molar-refractivity contribution is 0.312. The molecule has 0 bridgehead atoms. The van der Waals surface area contributed by atoms with Gasteiger partial charge in [0, 0.05) is 49.4 Å². The van der Waals surface area contributed by atoms with Crippen molar-refractivity contribution in [2.75, 3.05) is 50.6 Å². The van der Waals surface area contributed by atoms with Crippen LogP contribution in [-0.4, -0.2) is 60.4 Å². The highest BCUT2D eigenvalue weighted by Crippen LogP contribution is 2.33. The maximum absolute atomic E-state index is 13.7. The normalized spacial score (nSPS) is 14.1. The summed E-state index contributed by atoms with van der Waals surface area (Å²) in [6.45, 7) is 4.03. The number of anilines is 3. The molecule has 1 aliphatic heterocycles. The molecule has 5 aromatic rings. The molecule has 204 valence electrons. The zero-order valence-corrected chi connectivity index (χ0v) is 22.4. The van der Waals surface area contributed by atoms with Crippen LogP contribution in [0.1, 0.15) is 11.1 Å². The fourth-order valence-electron chi connectivity index (χ4n) is 5.13. The van der Waals surface area contributed by atoms with Crippen molar-refractivity contribution >= 4 is 28.1 Å². The first-order valence-electron chi connectivity index (χ1n) is 13.2. The average Bonchev–Trinajstić information content (AvgIpc) is 3.37. The minimum atomic E-state index is -0.584. The molecular formula is C31H30F2N6O. The molecule has 9 heteroatoms. The number of halogens is 2. The van der Waals surface area contributed by atoms with Gasteiger partial charge < -0.3 is 19.9 Å². The van der Waals surface area contributed by atoms with Crippen molar-refractivity contribution < 1.29 is 13.5 Å². The Morgan fingerprint density at radius 3 is 2.48 bits per heavy atom. The minimum Gasteiger partial charge on any atom is -0.494 e. The standard InChI is InChI=1S/C31H30F2N6O/c1-38-10-12-39(13-11-38)24-7-9-27(29(19-24)40-2)34-30-5-3-4-28(35-30)31-25-17-20(6-8-26(25)36-37-31)14-21-15-22(32)18-23(33)16-21/h3-9,15-19H,10-14H2,1-2H3,(H,34,35)(H,36,37). The van der Waals surface area contributed by atoms with Crippen LogP contribution >= 0.6 is 0 Å². The summed E-state index contributed by atoms with van der Waals surface area (Å²) in [5.41, 5.74) is 5.68. The molecule has 0 amide bonds. The van der Waals surface area contributed by atoms with Gasteiger partial charge in [-0.1, -0.05) is 12.1 Å². The number of aromatic amines is 1. The first kappa shape index (κ1) is 25.8. The number of methoxy groups -OCH3 is 1. The summed E-state index contributed by atoms with van der Waals surface area (Å²) in [6.07, 6.45) is 0.397. The number of pyridine rings is 1. The Balaban J connectivity index is 1.25. The van der Waals surface area contributed by atoms with E-state index in [9.17, 15) is 8.78 Å². The molecule has 6 rings (SSSR count). The van der Waals surface area contributed by atoms with E-state index in [1.54, 1.807) is 7.11 Å². The maximum atomic E-state index is 13.7. The number of ether oxygens (including phenoxy) is 1. The van der Waals surface area contributed by atoms with Crippen molar-refractivity contribution in [1.29, 1.82) is 0 Å². The van der Waals surface area contributed by atoms with Crippen LogP contribution in [0, 0.1) is 11.6 Å². The van der Waals surface area contributed by atoms with Crippen molar-refractivity contribution in [3.63, 3.8) is 0 Å². The number of piperazine rings is 1. The second-order valence-electron chi connectivity index (χ2n) is 10.1. The lowest BCUT2D eigenvalue weighted by atomic mass is 10.0. The van der Waals surface area contributed by atoms with E-state index < -0.39 is 11.6 Å². The van der Waals surface area contributed by atoms with Gasteiger partial charge in [0.25, 0.3) is 0 Å². The largest absolute Gasteiger partial charge is 0.494 e. The Kier molecular flexibility index (Phi) is 7.04. The summed E-state index contributed by atoms with van der Waals surface area (Å²) in [5.74, 6) is 0.233. The summed E-state index contributed by atoms with van der Waals surface area (Å²) >= 11 is 0. The zero-order valence-electron chi connectivity index (χ0n) is 22.4. The second-order valence-corrected chi connectivity index (χ2v) is 10.1. The third-order valence-electron chi connectivity index (χ3n) is 7.27. The van der Waals surface area contributed by atoms with Gasteiger partial charge in [-0.05, 0) is 73.1 Å². The predicted molar refractivity (Wildman–Crippen MR) is 154 cm³/mol. The molecule has 1 saturated heterocycles. The first-order chi connectivity index (χ1) is 19.4. The lowest BCUT2D eigenvalue weighted by Crippen LogP contribution is -2.44. The number of hydrogen-bond acceptors (Lipinski definition) is 6. The molecule has 40 heavy (non-hydrogen) atoms. The highest BCUT2D eigenvalue weighted by molar-refractivity contribution is 5.92. The van der Waals surface area contributed by atoms with E-state index in [0.29, 0.717) is 29.2 Å². The SMILES string of the molecule is COc1cc(N2CCN(C)CC2)ccc1Nc1cccc(-c2n[nH]c3ccc(Cc4cc(F)cc(F)c4)cc23)n1. The van der Waals surface area contributed by atoms with Crippen LogP contribution in [0.4, 0.5) is 26.0 Å². The van der Waals surface area contributed by atoms with Gasteiger partial charge in [-0.15, -0.1) is 0 Å². The maximum Gasteiger partial charge on any atom is 0.144 e. The number of benzene rings is 3. The number of nitrogens with zero attached hydrogens (tertiary/aromatic N) is 4. The third kappa shape index (κ3) is 5.46. The molecule has 0 unspecified atom stereocenters. The second kappa shape index (κ2) is 10.9. The van der Waals surface area contributed by atoms with Gasteiger partial charge in [-0.3, -0.25) is 5.10 Å². The van der Waals surface area contributed by atoms with Crippen LogP contribution in [-0.2, 0) is 6.42 Å². The smallest absolute Gasteiger partial charge is 0.144 e. The fourth-order valence-corrected chi connectivity index (χ4v) is 5.13. The Morgan fingerprint density at radius 1 is 0.900 bits per heavy atom. The van der Waals surface area contributed by atoms with E-state index in [4.69, 9.17) is 9.72 Å². The highest BCUT2D eigenvalue weighted by atomic mass is 19.1. The van der Waals surface area contributed by atoms with Gasteiger partial charge in [0.05, 0.1) is 24.0 Å². The minimum absolute atomic E-state index is 0.397. The molecule has 1 aliphatic rings. The van der Waals surface area contributed by atoms with Crippen LogP contribution in [0.25, 0.3) is 22.3 Å². The molecule has 1 fully saturated rings. The number of aromatic nitrogens is 3. The first-order valence-corrected chi connectivity index (χ1v) is 13.2. The van der Waals surface area contributed by atoms with Crippen LogP contribution in [0.3, 0.4) is 0 Å². The van der Waals surface area contributed by atoms with Gasteiger partial charge in [-0.25, -0.2) is 13.8 Å². The van der Waals surface area contributed by atoms with Crippen molar-refractivity contribution in [2.24, 2.45) is 0 Å². The quantitative estimate of drug-likeness (QED) is 0.264. The van der Waals surface area contributed by atoms with Crippen LogP contribution in [0.5, 0.6) is 5.75 Å². The summed E-state index contributed by atoms with van der Waals surface area (Å²) < 4.78 is 33.1. The van der Waals surface area contributed by atoms with Crippen molar-refractivity contribution in [3.8, 4) is 17.1 Å². The summed E-state index contributed by atoms with van der Waals surface area (Å²) in [4.78, 5) is 9.53. The van der Waals surface area contributed by atoms with E-state index in [1.807, 2.05) is 42.5 Å².